The zero-order valence-corrected chi connectivity index (χ0v) is 11.9. The molecule has 1 radical (unpaired) electrons. The van der Waals surface area contributed by atoms with Crippen LogP contribution < -0.4 is 8.58 Å². The average molecular weight is 312 g/mol. The Labute approximate surface area is 117 Å². The summed E-state index contributed by atoms with van der Waals surface area (Å²) < 4.78 is 3.95. The molecule has 2 bridgehead atoms. The molecular weight excluding hydrogens is 301 g/mol. The predicted molar refractivity (Wildman–Crippen MR) is 73.5 cm³/mol. The first kappa shape index (κ1) is 12.2. The van der Waals surface area contributed by atoms with Crippen LogP contribution in [0.1, 0.15) is 21.8 Å². The molecule has 1 amide bonds. The number of ketones is 1. The van der Waals surface area contributed by atoms with Crippen LogP contribution in [0.2, 0.25) is 0 Å². The molecule has 1 atom stereocenters. The van der Waals surface area contributed by atoms with Crippen molar-refractivity contribution in [1.29, 1.82) is 0 Å². The second-order valence-corrected chi connectivity index (χ2v) is 6.37. The topological polar surface area (TPSA) is 46.2 Å². The van der Waals surface area contributed by atoms with E-state index in [1.807, 2.05) is 48.5 Å². The van der Waals surface area contributed by atoms with Crippen molar-refractivity contribution in [3.63, 3.8) is 0 Å². The van der Waals surface area contributed by atoms with Crippen LogP contribution in [0.15, 0.2) is 54.6 Å². The van der Waals surface area contributed by atoms with Crippen molar-refractivity contribution in [2.24, 2.45) is 0 Å². The van der Waals surface area contributed by atoms with E-state index in [-0.39, 0.29) is 11.7 Å². The van der Waals surface area contributed by atoms with E-state index in [0.717, 1.165) is 9.91 Å². The predicted octanol–water partition coefficient (Wildman–Crippen LogP) is 1.03. The number of carbonyl (C=O) groups is 2. The van der Waals surface area contributed by atoms with Crippen LogP contribution in [0.4, 0.5) is 0 Å². The fourth-order valence-electron chi connectivity index (χ4n) is 2.15. The third-order valence-corrected chi connectivity index (χ3v) is 4.91. The van der Waals surface area contributed by atoms with Crippen LogP contribution in [0.25, 0.3) is 0 Å². The first-order chi connectivity index (χ1) is 9.25. The maximum absolute atomic E-state index is 12.5. The minimum absolute atomic E-state index is 0.133. The first-order valence-electron chi connectivity index (χ1n) is 5.95. The Kier molecular flexibility index (Phi) is 3.22. The summed E-state index contributed by atoms with van der Waals surface area (Å²) in [6, 6.07) is 16.7. The van der Waals surface area contributed by atoms with E-state index in [4.69, 9.17) is 0 Å². The van der Waals surface area contributed by atoms with Gasteiger partial charge in [0.1, 0.15) is 0 Å². The Morgan fingerprint density at radius 3 is 2.53 bits per heavy atom. The van der Waals surface area contributed by atoms with Gasteiger partial charge in [-0.15, -0.1) is 0 Å². The van der Waals surface area contributed by atoms with Crippen molar-refractivity contribution in [3.05, 3.63) is 65.7 Å². The number of hydrogen-bond acceptors (Lipinski definition) is 2. The van der Waals surface area contributed by atoms with Crippen molar-refractivity contribution in [2.75, 3.05) is 0 Å². The molecule has 93 valence electrons. The SMILES string of the molecule is O=C1N[As]c2cccc(c2)C(=O)C1c1ccccc1. The van der Waals surface area contributed by atoms with E-state index < -0.39 is 21.9 Å². The summed E-state index contributed by atoms with van der Waals surface area (Å²) in [5.41, 5.74) is 1.37. The Hall–Kier alpha value is -1.86. The van der Waals surface area contributed by atoms with Crippen molar-refractivity contribution < 1.29 is 9.59 Å². The number of Topliss-reactive ketones (excluding diaryl/α,β-unsaturated/α-hetero) is 1. The molecule has 0 fully saturated rings. The van der Waals surface area contributed by atoms with Crippen molar-refractivity contribution in [2.45, 2.75) is 5.92 Å². The van der Waals surface area contributed by atoms with Gasteiger partial charge in [-0.05, 0) is 0 Å². The maximum atomic E-state index is 12.5. The average Bonchev–Trinajstić information content (AvgIpc) is 2.46. The monoisotopic (exact) mass is 312 g/mol. The molecule has 0 aliphatic carbocycles. The summed E-state index contributed by atoms with van der Waals surface area (Å²) in [7, 11) is 0. The molecule has 3 nitrogen and oxygen atoms in total. The van der Waals surface area contributed by atoms with Gasteiger partial charge in [-0.3, -0.25) is 0 Å². The molecule has 2 aromatic carbocycles. The zero-order chi connectivity index (χ0) is 13.2. The standard InChI is InChI=1S/C15H11AsNO2/c18-14-11-7-4-8-12(9-11)16-17-15(19)13(14)10-5-2-1-3-6-10/h1-9,13H,(H,17,19). The quantitative estimate of drug-likeness (QED) is 0.631. The van der Waals surface area contributed by atoms with Gasteiger partial charge in [-0.1, -0.05) is 0 Å². The summed E-state index contributed by atoms with van der Waals surface area (Å²) in [5, 5.41) is 0. The molecule has 2 aromatic rings. The van der Waals surface area contributed by atoms with Gasteiger partial charge in [0, 0.05) is 0 Å². The van der Waals surface area contributed by atoms with Crippen molar-refractivity contribution in [1.82, 2.24) is 4.23 Å². The molecule has 0 saturated carbocycles. The number of amides is 1. The van der Waals surface area contributed by atoms with Gasteiger partial charge in [-0.25, -0.2) is 0 Å². The summed E-state index contributed by atoms with van der Waals surface area (Å²) in [6.45, 7) is 0. The number of fused-ring (bicyclic) bond motifs is 2. The summed E-state index contributed by atoms with van der Waals surface area (Å²) in [5.74, 6) is -1.05. The van der Waals surface area contributed by atoms with Gasteiger partial charge >= 0.3 is 117 Å². The summed E-state index contributed by atoms with van der Waals surface area (Å²) in [4.78, 5) is 24.7. The Morgan fingerprint density at radius 1 is 0.947 bits per heavy atom. The van der Waals surface area contributed by atoms with E-state index in [1.165, 1.54) is 0 Å². The van der Waals surface area contributed by atoms with Gasteiger partial charge in [-0.2, -0.15) is 0 Å². The van der Waals surface area contributed by atoms with Crippen LogP contribution in [-0.2, 0) is 4.79 Å². The van der Waals surface area contributed by atoms with Crippen LogP contribution in [0.3, 0.4) is 0 Å². The summed E-state index contributed by atoms with van der Waals surface area (Å²) in [6.07, 6.45) is 0. The van der Waals surface area contributed by atoms with Gasteiger partial charge < -0.3 is 0 Å². The Morgan fingerprint density at radius 2 is 1.74 bits per heavy atom. The van der Waals surface area contributed by atoms with Gasteiger partial charge in [0.2, 0.25) is 0 Å². The molecule has 1 N–H and O–H groups in total. The van der Waals surface area contributed by atoms with Gasteiger partial charge in [0.25, 0.3) is 0 Å². The van der Waals surface area contributed by atoms with E-state index in [0.29, 0.717) is 5.56 Å². The molecule has 1 unspecified atom stereocenters. The molecule has 1 aliphatic rings. The van der Waals surface area contributed by atoms with Crippen LogP contribution >= 0.6 is 0 Å². The normalized spacial score (nSPS) is 19.7. The second kappa shape index (κ2) is 5.02. The minimum atomic E-state index is -0.730. The molecule has 3 rings (SSSR count). The molecule has 4 heteroatoms. The summed E-state index contributed by atoms with van der Waals surface area (Å²) >= 11 is -0.417. The molecule has 19 heavy (non-hydrogen) atoms. The molecule has 0 aromatic heterocycles. The Bertz CT molecular complexity index is 640. The zero-order valence-electron chi connectivity index (χ0n) is 10.0. The van der Waals surface area contributed by atoms with Gasteiger partial charge in [0.05, 0.1) is 0 Å². The third kappa shape index (κ3) is 2.34. The van der Waals surface area contributed by atoms with E-state index in [2.05, 4.69) is 4.23 Å². The van der Waals surface area contributed by atoms with E-state index in [1.54, 1.807) is 6.07 Å². The number of benzene rings is 2. The number of hydrogen-bond donors (Lipinski definition) is 1. The van der Waals surface area contributed by atoms with E-state index in [9.17, 15) is 9.59 Å². The number of nitrogens with one attached hydrogen (secondary N) is 1. The molecule has 1 heterocycles. The van der Waals surface area contributed by atoms with Crippen LogP contribution in [0.5, 0.6) is 0 Å². The molecule has 0 spiro atoms. The fourth-order valence-corrected chi connectivity index (χ4v) is 3.68. The molecule has 1 aliphatic heterocycles. The second-order valence-electron chi connectivity index (χ2n) is 4.35. The van der Waals surface area contributed by atoms with Gasteiger partial charge in [0.15, 0.2) is 0 Å². The fraction of sp³-hybridized carbons (Fsp3) is 0.0667. The van der Waals surface area contributed by atoms with Crippen LogP contribution in [0, 0.1) is 0 Å². The van der Waals surface area contributed by atoms with Crippen LogP contribution in [-0.4, -0.2) is 27.7 Å². The Balaban J connectivity index is 2.09. The number of rotatable bonds is 1. The van der Waals surface area contributed by atoms with Crippen molar-refractivity contribution in [3.8, 4) is 0 Å². The van der Waals surface area contributed by atoms with Crippen molar-refractivity contribution >= 4 is 32.0 Å². The third-order valence-electron chi connectivity index (χ3n) is 3.08. The molecule has 0 saturated heterocycles. The first-order valence-corrected chi connectivity index (χ1v) is 7.83. The number of carbonyl (C=O) groups excluding carboxylic acids is 2. The molecular formula is C15H11AsNO2. The van der Waals surface area contributed by atoms with E-state index >= 15 is 0 Å².